The quantitative estimate of drug-likeness (QED) is 0.414. The summed E-state index contributed by atoms with van der Waals surface area (Å²) in [4.78, 5) is 11.1. The molecule has 3 heteroatoms. The molecule has 0 radical (unpaired) electrons. The lowest BCUT2D eigenvalue weighted by molar-refractivity contribution is -0.119. The standard InChI is InChI=1S/C15H24O3/c1-10(2)13-6-11(3)7-14(18-9-17-5)15(13)12(4)8-16/h7-8,12-15H,1,6,9H2,2-5H3/t12-,13-,14+,15?/m0/s1. The first-order chi connectivity index (χ1) is 8.51. The number of carbonyl (C=O) groups excluding carboxylic acids is 1. The number of aldehydes is 1. The van der Waals surface area contributed by atoms with Crippen LogP contribution < -0.4 is 0 Å². The van der Waals surface area contributed by atoms with Crippen LogP contribution in [0.1, 0.15) is 27.2 Å². The Bertz CT molecular complexity index is 333. The van der Waals surface area contributed by atoms with E-state index < -0.39 is 0 Å². The van der Waals surface area contributed by atoms with Gasteiger partial charge in [0.2, 0.25) is 0 Å². The monoisotopic (exact) mass is 252 g/mol. The van der Waals surface area contributed by atoms with Crippen LogP contribution in [0.5, 0.6) is 0 Å². The average Bonchev–Trinajstić information content (AvgIpc) is 2.34. The second kappa shape index (κ2) is 6.86. The number of hydrogen-bond acceptors (Lipinski definition) is 3. The first kappa shape index (κ1) is 15.1. The number of hydrogen-bond donors (Lipinski definition) is 0. The maximum atomic E-state index is 11.1. The molecule has 0 amide bonds. The van der Waals surface area contributed by atoms with Gasteiger partial charge in [-0.05, 0) is 26.2 Å². The van der Waals surface area contributed by atoms with Gasteiger partial charge in [0.1, 0.15) is 13.1 Å². The van der Waals surface area contributed by atoms with Gasteiger partial charge in [-0.2, -0.15) is 0 Å². The zero-order valence-corrected chi connectivity index (χ0v) is 11.8. The van der Waals surface area contributed by atoms with Gasteiger partial charge in [0.25, 0.3) is 0 Å². The van der Waals surface area contributed by atoms with E-state index in [2.05, 4.69) is 19.6 Å². The second-order valence-corrected chi connectivity index (χ2v) is 5.28. The van der Waals surface area contributed by atoms with Gasteiger partial charge in [-0.15, -0.1) is 0 Å². The van der Waals surface area contributed by atoms with Crippen LogP contribution in [0.4, 0.5) is 0 Å². The van der Waals surface area contributed by atoms with Crippen molar-refractivity contribution in [3.05, 3.63) is 23.8 Å². The number of carbonyl (C=O) groups is 1. The third kappa shape index (κ3) is 3.53. The summed E-state index contributed by atoms with van der Waals surface area (Å²) in [6.07, 6.45) is 4.02. The van der Waals surface area contributed by atoms with E-state index >= 15 is 0 Å². The van der Waals surface area contributed by atoms with Crippen LogP contribution in [0.2, 0.25) is 0 Å². The summed E-state index contributed by atoms with van der Waals surface area (Å²) in [5, 5.41) is 0. The summed E-state index contributed by atoms with van der Waals surface area (Å²) in [5.41, 5.74) is 2.41. The molecular weight excluding hydrogens is 228 g/mol. The van der Waals surface area contributed by atoms with E-state index in [1.54, 1.807) is 7.11 Å². The fraction of sp³-hybridized carbons (Fsp3) is 0.667. The molecule has 0 aromatic rings. The number of ether oxygens (including phenoxy) is 2. The van der Waals surface area contributed by atoms with Crippen molar-refractivity contribution in [3.8, 4) is 0 Å². The van der Waals surface area contributed by atoms with Crippen LogP contribution in [-0.4, -0.2) is 26.3 Å². The Morgan fingerprint density at radius 3 is 2.83 bits per heavy atom. The van der Waals surface area contributed by atoms with Crippen LogP contribution in [-0.2, 0) is 14.3 Å². The summed E-state index contributed by atoms with van der Waals surface area (Å²) in [6, 6.07) is 0. The molecule has 0 bridgehead atoms. The van der Waals surface area contributed by atoms with Crippen molar-refractivity contribution in [1.82, 2.24) is 0 Å². The molecule has 1 rings (SSSR count). The van der Waals surface area contributed by atoms with Gasteiger partial charge >= 0.3 is 0 Å². The predicted octanol–water partition coefficient (Wildman–Crippen LogP) is 2.97. The Morgan fingerprint density at radius 1 is 1.67 bits per heavy atom. The highest BCUT2D eigenvalue weighted by Gasteiger charge is 2.36. The summed E-state index contributed by atoms with van der Waals surface area (Å²) in [7, 11) is 1.60. The van der Waals surface area contributed by atoms with Gasteiger partial charge in [0.05, 0.1) is 6.10 Å². The third-order valence-electron chi connectivity index (χ3n) is 3.67. The van der Waals surface area contributed by atoms with E-state index in [9.17, 15) is 4.79 Å². The Kier molecular flexibility index (Phi) is 5.76. The molecule has 4 atom stereocenters. The van der Waals surface area contributed by atoms with Crippen molar-refractivity contribution in [2.24, 2.45) is 17.8 Å². The molecule has 0 aliphatic heterocycles. The molecule has 0 heterocycles. The van der Waals surface area contributed by atoms with Gasteiger partial charge in [-0.25, -0.2) is 0 Å². The fourth-order valence-electron chi connectivity index (χ4n) is 2.74. The minimum absolute atomic E-state index is 0.0436. The van der Waals surface area contributed by atoms with Crippen molar-refractivity contribution in [2.75, 3.05) is 13.9 Å². The summed E-state index contributed by atoms with van der Waals surface area (Å²) < 4.78 is 10.7. The molecule has 0 spiro atoms. The molecule has 18 heavy (non-hydrogen) atoms. The van der Waals surface area contributed by atoms with Crippen LogP contribution >= 0.6 is 0 Å². The first-order valence-electron chi connectivity index (χ1n) is 6.39. The van der Waals surface area contributed by atoms with E-state index in [0.29, 0.717) is 5.92 Å². The summed E-state index contributed by atoms with van der Waals surface area (Å²) >= 11 is 0. The SMILES string of the molecule is C=C(C)[C@@H]1CC(C)=C[C@@H](OCOC)C1[C@@H](C)C=O. The molecule has 1 aliphatic rings. The lowest BCUT2D eigenvalue weighted by Crippen LogP contribution is -2.38. The van der Waals surface area contributed by atoms with Gasteiger partial charge in [0.15, 0.2) is 0 Å². The number of methoxy groups -OCH3 is 1. The van der Waals surface area contributed by atoms with Crippen LogP contribution in [0.3, 0.4) is 0 Å². The molecule has 1 aliphatic carbocycles. The normalized spacial score (nSPS) is 29.6. The lowest BCUT2D eigenvalue weighted by atomic mass is 9.70. The summed E-state index contributed by atoms with van der Waals surface area (Å²) in [5.74, 6) is 0.411. The molecule has 0 N–H and O–H groups in total. The van der Waals surface area contributed by atoms with Crippen LogP contribution in [0.15, 0.2) is 23.8 Å². The Morgan fingerprint density at radius 2 is 2.33 bits per heavy atom. The van der Waals surface area contributed by atoms with Crippen molar-refractivity contribution in [2.45, 2.75) is 33.3 Å². The molecule has 0 saturated carbocycles. The molecule has 3 nitrogen and oxygen atoms in total. The molecule has 102 valence electrons. The number of allylic oxidation sites excluding steroid dienone is 2. The van der Waals surface area contributed by atoms with E-state index in [4.69, 9.17) is 9.47 Å². The highest BCUT2D eigenvalue weighted by molar-refractivity contribution is 5.54. The molecule has 0 fully saturated rings. The minimum Gasteiger partial charge on any atom is -0.359 e. The molecular formula is C15H24O3. The molecule has 1 unspecified atom stereocenters. The van der Waals surface area contributed by atoms with Crippen LogP contribution in [0, 0.1) is 17.8 Å². The van der Waals surface area contributed by atoms with Crippen molar-refractivity contribution in [3.63, 3.8) is 0 Å². The second-order valence-electron chi connectivity index (χ2n) is 5.28. The predicted molar refractivity (Wildman–Crippen MR) is 72.1 cm³/mol. The molecule has 0 aromatic heterocycles. The Balaban J connectivity index is 2.97. The van der Waals surface area contributed by atoms with Gasteiger partial charge < -0.3 is 14.3 Å². The molecule has 0 aromatic carbocycles. The first-order valence-corrected chi connectivity index (χ1v) is 6.39. The Hall–Kier alpha value is -0.930. The average molecular weight is 252 g/mol. The van der Waals surface area contributed by atoms with E-state index in [0.717, 1.165) is 18.3 Å². The number of rotatable bonds is 6. The van der Waals surface area contributed by atoms with E-state index in [-0.39, 0.29) is 24.7 Å². The maximum Gasteiger partial charge on any atom is 0.147 e. The van der Waals surface area contributed by atoms with E-state index in [1.807, 2.05) is 13.8 Å². The Labute approximate surface area is 110 Å². The topological polar surface area (TPSA) is 35.5 Å². The highest BCUT2D eigenvalue weighted by atomic mass is 16.7. The zero-order chi connectivity index (χ0) is 13.7. The fourth-order valence-corrected chi connectivity index (χ4v) is 2.74. The maximum absolute atomic E-state index is 11.1. The largest absolute Gasteiger partial charge is 0.359 e. The van der Waals surface area contributed by atoms with Crippen molar-refractivity contribution in [1.29, 1.82) is 0 Å². The van der Waals surface area contributed by atoms with Crippen molar-refractivity contribution < 1.29 is 14.3 Å². The van der Waals surface area contributed by atoms with Gasteiger partial charge in [-0.1, -0.05) is 30.7 Å². The summed E-state index contributed by atoms with van der Waals surface area (Å²) in [6.45, 7) is 10.4. The lowest BCUT2D eigenvalue weighted by Gasteiger charge is -2.38. The van der Waals surface area contributed by atoms with Crippen molar-refractivity contribution >= 4 is 6.29 Å². The van der Waals surface area contributed by atoms with Gasteiger partial charge in [0, 0.05) is 18.9 Å². The van der Waals surface area contributed by atoms with E-state index in [1.165, 1.54) is 5.57 Å². The highest BCUT2D eigenvalue weighted by Crippen LogP contribution is 2.39. The third-order valence-corrected chi connectivity index (χ3v) is 3.67. The molecule has 0 saturated heterocycles. The smallest absolute Gasteiger partial charge is 0.147 e. The minimum atomic E-state index is -0.0689. The van der Waals surface area contributed by atoms with Gasteiger partial charge in [-0.3, -0.25) is 0 Å². The van der Waals surface area contributed by atoms with Crippen LogP contribution in [0.25, 0.3) is 0 Å². The zero-order valence-electron chi connectivity index (χ0n) is 11.8.